The van der Waals surface area contributed by atoms with E-state index in [0.29, 0.717) is 15.8 Å². The van der Waals surface area contributed by atoms with Gasteiger partial charge in [0.2, 0.25) is 0 Å². The zero-order chi connectivity index (χ0) is 15.4. The van der Waals surface area contributed by atoms with Crippen molar-refractivity contribution in [3.8, 4) is 0 Å². The molecule has 0 unspecified atom stereocenters. The van der Waals surface area contributed by atoms with Crippen LogP contribution in [0.2, 0.25) is 0 Å². The average Bonchev–Trinajstić information content (AvgIpc) is 2.40. The summed E-state index contributed by atoms with van der Waals surface area (Å²) in [7, 11) is 0. The number of halogens is 2. The molecule has 0 aliphatic rings. The molecule has 108 valence electrons. The van der Waals surface area contributed by atoms with Crippen molar-refractivity contribution in [1.82, 2.24) is 0 Å². The summed E-state index contributed by atoms with van der Waals surface area (Å²) in [4.78, 5) is 22.6. The van der Waals surface area contributed by atoms with E-state index in [1.54, 1.807) is 6.07 Å². The summed E-state index contributed by atoms with van der Waals surface area (Å²) in [5.41, 5.74) is 0.803. The predicted molar refractivity (Wildman–Crippen MR) is 80.1 cm³/mol. The van der Waals surface area contributed by atoms with Crippen LogP contribution in [0.1, 0.15) is 10.4 Å². The fourth-order valence-electron chi connectivity index (χ4n) is 1.60. The van der Waals surface area contributed by atoms with Crippen molar-refractivity contribution >= 4 is 39.3 Å². The zero-order valence-electron chi connectivity index (χ0n) is 10.6. The molecule has 5 nitrogen and oxygen atoms in total. The van der Waals surface area contributed by atoms with Crippen LogP contribution in [0.15, 0.2) is 46.9 Å². The molecule has 2 amide bonds. The fraction of sp³-hybridized carbons (Fsp3) is 0. The molecule has 0 aliphatic carbocycles. The molecule has 0 heterocycles. The van der Waals surface area contributed by atoms with Crippen molar-refractivity contribution in [2.24, 2.45) is 0 Å². The molecule has 0 saturated heterocycles. The van der Waals surface area contributed by atoms with Crippen molar-refractivity contribution in [2.45, 2.75) is 0 Å². The number of carboxylic acids is 1. The van der Waals surface area contributed by atoms with Gasteiger partial charge in [-0.05, 0) is 52.3 Å². The van der Waals surface area contributed by atoms with E-state index in [0.717, 1.165) is 0 Å². The van der Waals surface area contributed by atoms with E-state index in [2.05, 4.69) is 26.6 Å². The predicted octanol–water partition coefficient (Wildman–Crippen LogP) is 3.93. The van der Waals surface area contributed by atoms with Crippen LogP contribution < -0.4 is 10.6 Å². The van der Waals surface area contributed by atoms with Crippen LogP contribution in [0.5, 0.6) is 0 Å². The summed E-state index contributed by atoms with van der Waals surface area (Å²) < 4.78 is 13.4. The van der Waals surface area contributed by atoms with Gasteiger partial charge < -0.3 is 15.7 Å². The Hall–Kier alpha value is -2.41. The number of hydrogen-bond acceptors (Lipinski definition) is 2. The Kier molecular flexibility index (Phi) is 4.54. The number of urea groups is 1. The summed E-state index contributed by atoms with van der Waals surface area (Å²) in [5, 5.41) is 13.8. The number of benzene rings is 2. The number of nitrogens with one attached hydrogen (secondary N) is 2. The quantitative estimate of drug-likeness (QED) is 0.782. The second-order valence-corrected chi connectivity index (χ2v) is 4.94. The molecule has 0 fully saturated rings. The van der Waals surface area contributed by atoms with Gasteiger partial charge in [-0.3, -0.25) is 0 Å². The first-order valence-electron chi connectivity index (χ1n) is 5.82. The number of anilines is 2. The number of hydrogen-bond donors (Lipinski definition) is 3. The molecule has 0 saturated carbocycles. The first-order chi connectivity index (χ1) is 9.95. The average molecular weight is 353 g/mol. The van der Waals surface area contributed by atoms with E-state index >= 15 is 0 Å². The van der Waals surface area contributed by atoms with Crippen LogP contribution >= 0.6 is 15.9 Å². The van der Waals surface area contributed by atoms with Crippen LogP contribution in [-0.4, -0.2) is 17.1 Å². The molecule has 2 rings (SSSR count). The zero-order valence-corrected chi connectivity index (χ0v) is 12.1. The van der Waals surface area contributed by atoms with Gasteiger partial charge in [0.05, 0.1) is 11.3 Å². The van der Waals surface area contributed by atoms with Gasteiger partial charge >= 0.3 is 12.0 Å². The van der Waals surface area contributed by atoms with Crippen LogP contribution in [-0.2, 0) is 0 Å². The topological polar surface area (TPSA) is 78.4 Å². The van der Waals surface area contributed by atoms with Gasteiger partial charge in [0.15, 0.2) is 0 Å². The summed E-state index contributed by atoms with van der Waals surface area (Å²) in [5.74, 6) is -1.52. The molecule has 2 aromatic rings. The molecular formula is C14H10BrFN2O3. The standard InChI is InChI=1S/C14H10BrFN2O3/c15-11-6-8(13(19)20)4-5-12(11)18-14(21)17-10-3-1-2-9(16)7-10/h1-7H,(H,19,20)(H2,17,18,21). The highest BCUT2D eigenvalue weighted by atomic mass is 79.9. The number of amides is 2. The Morgan fingerprint density at radius 3 is 2.48 bits per heavy atom. The largest absolute Gasteiger partial charge is 0.478 e. The van der Waals surface area contributed by atoms with Gasteiger partial charge in [0, 0.05) is 10.2 Å². The van der Waals surface area contributed by atoms with E-state index < -0.39 is 17.8 Å². The highest BCUT2D eigenvalue weighted by Crippen LogP contribution is 2.24. The molecule has 3 N–H and O–H groups in total. The minimum absolute atomic E-state index is 0.0953. The smallest absolute Gasteiger partial charge is 0.335 e. The molecule has 7 heteroatoms. The van der Waals surface area contributed by atoms with E-state index in [1.165, 1.54) is 36.4 Å². The number of carboxylic acid groups (broad SMARTS) is 1. The Labute approximate surface area is 127 Å². The normalized spacial score (nSPS) is 10.0. The Morgan fingerprint density at radius 1 is 1.10 bits per heavy atom. The molecule has 0 aliphatic heterocycles. The van der Waals surface area contributed by atoms with Crippen LogP contribution in [0, 0.1) is 5.82 Å². The fourth-order valence-corrected chi connectivity index (χ4v) is 2.08. The van der Waals surface area contributed by atoms with Crippen molar-refractivity contribution in [3.05, 3.63) is 58.3 Å². The molecule has 0 radical (unpaired) electrons. The van der Waals surface area contributed by atoms with Gasteiger partial charge in [-0.1, -0.05) is 6.07 Å². The molecule has 0 bridgehead atoms. The van der Waals surface area contributed by atoms with E-state index in [-0.39, 0.29) is 5.56 Å². The molecule has 0 atom stereocenters. The highest BCUT2D eigenvalue weighted by molar-refractivity contribution is 9.10. The molecular weight excluding hydrogens is 343 g/mol. The monoisotopic (exact) mass is 352 g/mol. The lowest BCUT2D eigenvalue weighted by Gasteiger charge is -2.09. The molecule has 2 aromatic carbocycles. The summed E-state index contributed by atoms with van der Waals surface area (Å²) >= 11 is 3.18. The summed E-state index contributed by atoms with van der Waals surface area (Å²) in [6, 6.07) is 9.11. The van der Waals surface area contributed by atoms with Crippen LogP contribution in [0.25, 0.3) is 0 Å². The third kappa shape index (κ3) is 4.03. The van der Waals surface area contributed by atoms with Crippen molar-refractivity contribution in [3.63, 3.8) is 0 Å². The maximum Gasteiger partial charge on any atom is 0.335 e. The maximum absolute atomic E-state index is 13.0. The molecule has 0 aromatic heterocycles. The second-order valence-electron chi connectivity index (χ2n) is 4.09. The van der Waals surface area contributed by atoms with Crippen LogP contribution in [0.4, 0.5) is 20.6 Å². The Bertz CT molecular complexity index is 706. The number of rotatable bonds is 3. The maximum atomic E-state index is 13.0. The minimum Gasteiger partial charge on any atom is -0.478 e. The first-order valence-corrected chi connectivity index (χ1v) is 6.61. The Morgan fingerprint density at radius 2 is 1.86 bits per heavy atom. The lowest BCUT2D eigenvalue weighted by Crippen LogP contribution is -2.19. The third-order valence-corrected chi connectivity index (χ3v) is 3.20. The van der Waals surface area contributed by atoms with Gasteiger partial charge in [0.25, 0.3) is 0 Å². The first kappa shape index (κ1) is 15.0. The third-order valence-electron chi connectivity index (χ3n) is 2.55. The Balaban J connectivity index is 2.08. The van der Waals surface area contributed by atoms with Gasteiger partial charge in [-0.25, -0.2) is 14.0 Å². The van der Waals surface area contributed by atoms with Gasteiger partial charge in [-0.15, -0.1) is 0 Å². The van der Waals surface area contributed by atoms with E-state index in [1.807, 2.05) is 0 Å². The molecule has 21 heavy (non-hydrogen) atoms. The number of carbonyl (C=O) groups excluding carboxylic acids is 1. The molecule has 0 spiro atoms. The van der Waals surface area contributed by atoms with E-state index in [4.69, 9.17) is 5.11 Å². The van der Waals surface area contributed by atoms with Crippen molar-refractivity contribution < 1.29 is 19.1 Å². The van der Waals surface area contributed by atoms with Gasteiger partial charge in [0.1, 0.15) is 5.82 Å². The summed E-state index contributed by atoms with van der Waals surface area (Å²) in [6.07, 6.45) is 0. The highest BCUT2D eigenvalue weighted by Gasteiger charge is 2.09. The van der Waals surface area contributed by atoms with Crippen molar-refractivity contribution in [1.29, 1.82) is 0 Å². The van der Waals surface area contributed by atoms with Crippen LogP contribution in [0.3, 0.4) is 0 Å². The lowest BCUT2D eigenvalue weighted by atomic mass is 10.2. The SMILES string of the molecule is O=C(Nc1cccc(F)c1)Nc1ccc(C(=O)O)cc1Br. The van der Waals surface area contributed by atoms with Gasteiger partial charge in [-0.2, -0.15) is 0 Å². The second kappa shape index (κ2) is 6.36. The summed E-state index contributed by atoms with van der Waals surface area (Å²) in [6.45, 7) is 0. The minimum atomic E-state index is -1.06. The van der Waals surface area contributed by atoms with Crippen molar-refractivity contribution in [2.75, 3.05) is 10.6 Å². The number of aromatic carboxylic acids is 1. The number of carbonyl (C=O) groups is 2. The lowest BCUT2D eigenvalue weighted by molar-refractivity contribution is 0.0697. The van der Waals surface area contributed by atoms with E-state index in [9.17, 15) is 14.0 Å².